The molecule has 0 radical (unpaired) electrons. The number of aliphatic carboxylic acids is 1. The lowest BCUT2D eigenvalue weighted by Crippen LogP contribution is -2.14. The number of hydrogen-bond donors (Lipinski definition) is 3. The van der Waals surface area contributed by atoms with Gasteiger partial charge in [-0.3, -0.25) is 14.6 Å². The second kappa shape index (κ2) is 5.79. The van der Waals surface area contributed by atoms with Crippen molar-refractivity contribution in [1.82, 2.24) is 9.97 Å². The molecule has 102 valence electrons. The molecule has 2 aromatic rings. The topological polar surface area (TPSA) is 112 Å². The number of hydrogen-bond acceptors (Lipinski definition) is 5. The van der Waals surface area contributed by atoms with Crippen LogP contribution in [0.3, 0.4) is 0 Å². The Morgan fingerprint density at radius 2 is 2.05 bits per heavy atom. The minimum Gasteiger partial charge on any atom is -0.506 e. The quantitative estimate of drug-likeness (QED) is 0.718. The van der Waals surface area contributed by atoms with Crippen molar-refractivity contribution < 1.29 is 19.8 Å². The Morgan fingerprint density at radius 3 is 2.70 bits per heavy atom. The van der Waals surface area contributed by atoms with Gasteiger partial charge in [0.1, 0.15) is 11.4 Å². The fourth-order valence-electron chi connectivity index (χ4n) is 1.57. The summed E-state index contributed by atoms with van der Waals surface area (Å²) in [7, 11) is 0. The minimum absolute atomic E-state index is 0.0931. The first-order chi connectivity index (χ1) is 9.56. The molecule has 0 saturated carbocycles. The van der Waals surface area contributed by atoms with E-state index in [1.807, 2.05) is 0 Å². The molecule has 3 N–H and O–H groups in total. The van der Waals surface area contributed by atoms with Crippen molar-refractivity contribution in [2.24, 2.45) is 0 Å². The van der Waals surface area contributed by atoms with Crippen molar-refractivity contribution in [3.05, 3.63) is 48.0 Å². The lowest BCUT2D eigenvalue weighted by molar-refractivity contribution is -0.136. The maximum atomic E-state index is 11.9. The lowest BCUT2D eigenvalue weighted by Gasteiger charge is -2.08. The molecule has 7 nitrogen and oxygen atoms in total. The standard InChI is InChI=1S/C13H11N3O4/c17-11-2-1-8(6-12(18)19)5-9(11)16-13(20)10-7-14-3-4-15-10/h1-5,7,17H,6H2,(H,16,20)(H,18,19). The molecular formula is C13H11N3O4. The van der Waals surface area contributed by atoms with E-state index in [0.717, 1.165) is 0 Å². The largest absolute Gasteiger partial charge is 0.506 e. The molecule has 0 bridgehead atoms. The van der Waals surface area contributed by atoms with Gasteiger partial charge in [-0.1, -0.05) is 6.07 Å². The number of carboxylic acids is 1. The number of aromatic nitrogens is 2. The van der Waals surface area contributed by atoms with Crippen molar-refractivity contribution in [3.8, 4) is 5.75 Å². The van der Waals surface area contributed by atoms with Gasteiger partial charge < -0.3 is 15.5 Å². The number of nitrogens with one attached hydrogen (secondary N) is 1. The number of phenols is 1. The summed E-state index contributed by atoms with van der Waals surface area (Å²) < 4.78 is 0. The van der Waals surface area contributed by atoms with Gasteiger partial charge in [0, 0.05) is 12.4 Å². The number of aromatic hydroxyl groups is 1. The van der Waals surface area contributed by atoms with Gasteiger partial charge >= 0.3 is 5.97 Å². The Labute approximate surface area is 113 Å². The van der Waals surface area contributed by atoms with Crippen LogP contribution < -0.4 is 5.32 Å². The number of amides is 1. The first-order valence-electron chi connectivity index (χ1n) is 5.67. The van der Waals surface area contributed by atoms with E-state index in [4.69, 9.17) is 5.11 Å². The predicted molar refractivity (Wildman–Crippen MR) is 69.4 cm³/mol. The number of carbonyl (C=O) groups is 2. The van der Waals surface area contributed by atoms with Crippen LogP contribution in [0, 0.1) is 0 Å². The molecule has 0 saturated heterocycles. The summed E-state index contributed by atoms with van der Waals surface area (Å²) in [6.45, 7) is 0. The van der Waals surface area contributed by atoms with Crippen molar-refractivity contribution in [1.29, 1.82) is 0 Å². The first kappa shape index (κ1) is 13.5. The summed E-state index contributed by atoms with van der Waals surface area (Å²) in [5, 5.41) is 20.8. The van der Waals surface area contributed by atoms with Crippen LogP contribution in [0.15, 0.2) is 36.8 Å². The third-order valence-electron chi connectivity index (χ3n) is 2.46. The molecule has 1 amide bonds. The number of rotatable bonds is 4. The van der Waals surface area contributed by atoms with Crippen LogP contribution >= 0.6 is 0 Å². The molecule has 0 aliphatic heterocycles. The second-order valence-electron chi connectivity index (χ2n) is 3.97. The summed E-state index contributed by atoms with van der Waals surface area (Å²) in [5.41, 5.74) is 0.680. The Kier molecular flexibility index (Phi) is 3.90. The maximum absolute atomic E-state index is 11.9. The molecule has 0 aliphatic carbocycles. The molecule has 7 heteroatoms. The molecule has 0 aliphatic rings. The number of nitrogens with zero attached hydrogens (tertiary/aromatic N) is 2. The molecule has 0 unspecified atom stereocenters. The highest BCUT2D eigenvalue weighted by atomic mass is 16.4. The molecule has 20 heavy (non-hydrogen) atoms. The highest BCUT2D eigenvalue weighted by Crippen LogP contribution is 2.24. The summed E-state index contributed by atoms with van der Waals surface area (Å²) in [6, 6.07) is 4.20. The number of anilines is 1. The highest BCUT2D eigenvalue weighted by molar-refractivity contribution is 6.03. The fraction of sp³-hybridized carbons (Fsp3) is 0.0769. The average molecular weight is 273 g/mol. The van der Waals surface area contributed by atoms with Gasteiger partial charge in [0.15, 0.2) is 0 Å². The van der Waals surface area contributed by atoms with E-state index in [2.05, 4.69) is 15.3 Å². The SMILES string of the molecule is O=C(O)Cc1ccc(O)c(NC(=O)c2cnccn2)c1. The number of benzene rings is 1. The Hall–Kier alpha value is -2.96. The van der Waals surface area contributed by atoms with Gasteiger partial charge in [-0.2, -0.15) is 0 Å². The van der Waals surface area contributed by atoms with Gasteiger partial charge in [-0.25, -0.2) is 4.98 Å². The molecular weight excluding hydrogens is 262 g/mol. The lowest BCUT2D eigenvalue weighted by atomic mass is 10.1. The zero-order chi connectivity index (χ0) is 14.5. The van der Waals surface area contributed by atoms with Gasteiger partial charge in [-0.15, -0.1) is 0 Å². The maximum Gasteiger partial charge on any atom is 0.307 e. The molecule has 0 fully saturated rings. The Balaban J connectivity index is 2.20. The van der Waals surface area contributed by atoms with E-state index in [-0.39, 0.29) is 23.6 Å². The van der Waals surface area contributed by atoms with Crippen LogP contribution in [0.4, 0.5) is 5.69 Å². The first-order valence-corrected chi connectivity index (χ1v) is 5.67. The van der Waals surface area contributed by atoms with Gasteiger partial charge in [0.05, 0.1) is 18.3 Å². The third-order valence-corrected chi connectivity index (χ3v) is 2.46. The van der Waals surface area contributed by atoms with Gasteiger partial charge in [0.25, 0.3) is 5.91 Å². The van der Waals surface area contributed by atoms with E-state index in [1.165, 1.54) is 36.8 Å². The van der Waals surface area contributed by atoms with E-state index in [0.29, 0.717) is 5.56 Å². The normalized spacial score (nSPS) is 10.0. The minimum atomic E-state index is -0.998. The molecule has 1 heterocycles. The zero-order valence-electron chi connectivity index (χ0n) is 10.3. The summed E-state index contributed by atoms with van der Waals surface area (Å²) in [4.78, 5) is 30.1. The van der Waals surface area contributed by atoms with Crippen LogP contribution in [-0.2, 0) is 11.2 Å². The summed E-state index contributed by atoms with van der Waals surface area (Å²) in [5.74, 6) is -1.70. The smallest absolute Gasteiger partial charge is 0.307 e. The third kappa shape index (κ3) is 3.29. The summed E-state index contributed by atoms with van der Waals surface area (Å²) in [6.07, 6.45) is 3.89. The number of phenolic OH excluding ortho intramolecular Hbond substituents is 1. The van der Waals surface area contributed by atoms with E-state index in [9.17, 15) is 14.7 Å². The summed E-state index contributed by atoms with van der Waals surface area (Å²) >= 11 is 0. The monoisotopic (exact) mass is 273 g/mol. The van der Waals surface area contributed by atoms with E-state index >= 15 is 0 Å². The molecule has 0 spiro atoms. The van der Waals surface area contributed by atoms with E-state index < -0.39 is 11.9 Å². The van der Waals surface area contributed by atoms with Crippen LogP contribution in [0.1, 0.15) is 16.1 Å². The number of carboxylic acid groups (broad SMARTS) is 1. The van der Waals surface area contributed by atoms with Gasteiger partial charge in [0.2, 0.25) is 0 Å². The Bertz CT molecular complexity index is 643. The number of carbonyl (C=O) groups excluding carboxylic acids is 1. The van der Waals surface area contributed by atoms with Crippen LogP contribution in [0.2, 0.25) is 0 Å². The van der Waals surface area contributed by atoms with Crippen molar-refractivity contribution in [2.45, 2.75) is 6.42 Å². The van der Waals surface area contributed by atoms with Crippen LogP contribution in [0.5, 0.6) is 5.75 Å². The molecule has 2 rings (SSSR count). The van der Waals surface area contributed by atoms with Gasteiger partial charge in [-0.05, 0) is 17.7 Å². The van der Waals surface area contributed by atoms with Crippen LogP contribution in [0.25, 0.3) is 0 Å². The Morgan fingerprint density at radius 1 is 1.25 bits per heavy atom. The average Bonchev–Trinajstić information content (AvgIpc) is 2.43. The molecule has 1 aromatic heterocycles. The molecule has 0 atom stereocenters. The zero-order valence-corrected chi connectivity index (χ0v) is 10.3. The van der Waals surface area contributed by atoms with Crippen molar-refractivity contribution >= 4 is 17.6 Å². The second-order valence-corrected chi connectivity index (χ2v) is 3.97. The van der Waals surface area contributed by atoms with Crippen LogP contribution in [-0.4, -0.2) is 32.1 Å². The highest BCUT2D eigenvalue weighted by Gasteiger charge is 2.11. The van der Waals surface area contributed by atoms with Crippen molar-refractivity contribution in [3.63, 3.8) is 0 Å². The predicted octanol–water partition coefficient (Wildman–Crippen LogP) is 1.06. The van der Waals surface area contributed by atoms with Crippen molar-refractivity contribution in [2.75, 3.05) is 5.32 Å². The molecule has 1 aromatic carbocycles. The van der Waals surface area contributed by atoms with E-state index in [1.54, 1.807) is 0 Å². The fourth-order valence-corrected chi connectivity index (χ4v) is 1.57.